The van der Waals surface area contributed by atoms with Gasteiger partial charge in [0.2, 0.25) is 11.8 Å². The largest absolute Gasteiger partial charge is 0.345 e. The van der Waals surface area contributed by atoms with Crippen molar-refractivity contribution in [3.63, 3.8) is 0 Å². The first kappa shape index (κ1) is 24.7. The number of nitrogens with zero attached hydrogens (tertiary/aromatic N) is 3. The Labute approximate surface area is 188 Å². The third-order valence-electron chi connectivity index (χ3n) is 5.55. The Kier molecular flexibility index (Phi) is 9.35. The fourth-order valence-electron chi connectivity index (χ4n) is 3.68. The quantitative estimate of drug-likeness (QED) is 0.516. The summed E-state index contributed by atoms with van der Waals surface area (Å²) in [6, 6.07) is 12.6. The lowest BCUT2D eigenvalue weighted by atomic mass is 10.1. The molecule has 2 rings (SSSR count). The minimum atomic E-state index is -0.120. The summed E-state index contributed by atoms with van der Waals surface area (Å²) in [7, 11) is 0. The molecule has 0 saturated heterocycles. The molecule has 0 radical (unpaired) electrons. The smallest absolute Gasteiger partial charge is 0.242 e. The van der Waals surface area contributed by atoms with Gasteiger partial charge >= 0.3 is 0 Å². The number of carbonyl (C=O) groups excluding carboxylic acids is 2. The van der Waals surface area contributed by atoms with Crippen LogP contribution >= 0.6 is 0 Å². The number of unbranched alkanes of at least 4 members (excludes halogenated alkanes) is 1. The van der Waals surface area contributed by atoms with Crippen molar-refractivity contribution in [1.82, 2.24) is 14.4 Å². The molecule has 0 saturated carbocycles. The predicted molar refractivity (Wildman–Crippen MR) is 127 cm³/mol. The Morgan fingerprint density at radius 3 is 2.42 bits per heavy atom. The molecule has 5 heteroatoms. The minimum Gasteiger partial charge on any atom is -0.345 e. The highest BCUT2D eigenvalue weighted by molar-refractivity contribution is 5.85. The second-order valence-electron chi connectivity index (χ2n) is 9.00. The Balaban J connectivity index is 2.17. The summed E-state index contributed by atoms with van der Waals surface area (Å²) < 4.78 is 2.21. The highest BCUT2D eigenvalue weighted by Crippen LogP contribution is 2.14. The van der Waals surface area contributed by atoms with Crippen molar-refractivity contribution >= 4 is 11.8 Å². The third kappa shape index (κ3) is 7.27. The predicted octanol–water partition coefficient (Wildman–Crippen LogP) is 4.87. The van der Waals surface area contributed by atoms with E-state index in [0.717, 1.165) is 25.1 Å². The van der Waals surface area contributed by atoms with Gasteiger partial charge in [0.1, 0.15) is 0 Å². The van der Waals surface area contributed by atoms with Crippen LogP contribution in [0.1, 0.15) is 64.3 Å². The van der Waals surface area contributed by atoms with Gasteiger partial charge in [-0.15, -0.1) is 0 Å². The number of carbonyl (C=O) groups is 2. The molecule has 0 atom stereocenters. The van der Waals surface area contributed by atoms with Crippen LogP contribution in [0.3, 0.4) is 0 Å². The van der Waals surface area contributed by atoms with Gasteiger partial charge in [-0.25, -0.2) is 0 Å². The van der Waals surface area contributed by atoms with Gasteiger partial charge < -0.3 is 14.4 Å². The van der Waals surface area contributed by atoms with E-state index in [1.807, 2.05) is 38.7 Å². The van der Waals surface area contributed by atoms with Crippen molar-refractivity contribution in [3.05, 3.63) is 59.4 Å². The summed E-state index contributed by atoms with van der Waals surface area (Å²) in [6.45, 7) is 14.1. The van der Waals surface area contributed by atoms with E-state index >= 15 is 0 Å². The van der Waals surface area contributed by atoms with Crippen molar-refractivity contribution in [3.8, 4) is 0 Å². The van der Waals surface area contributed by atoms with Gasteiger partial charge in [-0.05, 0) is 44.9 Å². The van der Waals surface area contributed by atoms with Crippen LogP contribution in [-0.4, -0.2) is 45.3 Å². The molecule has 0 bridgehead atoms. The molecule has 1 aromatic carbocycles. The average Bonchev–Trinajstić information content (AvgIpc) is 3.14. The molecular formula is C26H39N3O2. The molecule has 0 unspecified atom stereocenters. The summed E-state index contributed by atoms with van der Waals surface area (Å²) in [5, 5.41) is 0. The molecule has 1 heterocycles. The molecule has 1 aromatic heterocycles. The van der Waals surface area contributed by atoms with Gasteiger partial charge in [-0.3, -0.25) is 9.59 Å². The van der Waals surface area contributed by atoms with E-state index in [4.69, 9.17) is 0 Å². The van der Waals surface area contributed by atoms with Crippen LogP contribution in [0.4, 0.5) is 0 Å². The normalized spacial score (nSPS) is 11.2. The maximum absolute atomic E-state index is 13.3. The van der Waals surface area contributed by atoms with Gasteiger partial charge in [0.25, 0.3) is 0 Å². The molecular weight excluding hydrogens is 386 g/mol. The number of benzene rings is 1. The van der Waals surface area contributed by atoms with E-state index in [1.165, 1.54) is 11.1 Å². The Bertz CT molecular complexity index is 854. The minimum absolute atomic E-state index is 0.00273. The van der Waals surface area contributed by atoms with Crippen LogP contribution in [-0.2, 0) is 22.7 Å². The molecule has 0 spiro atoms. The monoisotopic (exact) mass is 425 g/mol. The van der Waals surface area contributed by atoms with Crippen LogP contribution in [0.5, 0.6) is 0 Å². The number of rotatable bonds is 11. The van der Waals surface area contributed by atoms with Crippen LogP contribution < -0.4 is 0 Å². The van der Waals surface area contributed by atoms with Crippen molar-refractivity contribution < 1.29 is 9.59 Å². The Morgan fingerprint density at radius 1 is 1.06 bits per heavy atom. The molecule has 2 amide bonds. The molecule has 0 aliphatic rings. The average molecular weight is 426 g/mol. The molecule has 5 nitrogen and oxygen atoms in total. The maximum atomic E-state index is 13.3. The lowest BCUT2D eigenvalue weighted by Crippen LogP contribution is -2.47. The van der Waals surface area contributed by atoms with Crippen LogP contribution in [0.2, 0.25) is 0 Å². The summed E-state index contributed by atoms with van der Waals surface area (Å²) in [6.07, 6.45) is 4.04. The van der Waals surface area contributed by atoms with Gasteiger partial charge in [-0.1, -0.05) is 57.0 Å². The first-order valence-electron chi connectivity index (χ1n) is 11.5. The van der Waals surface area contributed by atoms with E-state index in [1.54, 1.807) is 4.90 Å². The lowest BCUT2D eigenvalue weighted by molar-refractivity contribution is -0.144. The fraction of sp³-hybridized carbons (Fsp3) is 0.538. The molecule has 0 aliphatic heterocycles. The van der Waals surface area contributed by atoms with Crippen molar-refractivity contribution in [2.24, 2.45) is 5.92 Å². The maximum Gasteiger partial charge on any atom is 0.242 e. The third-order valence-corrected chi connectivity index (χ3v) is 5.55. The molecule has 0 aliphatic carbocycles. The topological polar surface area (TPSA) is 45.6 Å². The fourth-order valence-corrected chi connectivity index (χ4v) is 3.68. The van der Waals surface area contributed by atoms with Crippen LogP contribution in [0, 0.1) is 12.8 Å². The number of aromatic nitrogens is 1. The zero-order valence-corrected chi connectivity index (χ0v) is 20.1. The summed E-state index contributed by atoms with van der Waals surface area (Å²) in [5.74, 6) is -0.0769. The van der Waals surface area contributed by atoms with Gasteiger partial charge in [-0.2, -0.15) is 0 Å². The molecule has 0 fully saturated rings. The summed E-state index contributed by atoms with van der Waals surface area (Å²) in [4.78, 5) is 29.5. The highest BCUT2D eigenvalue weighted by atomic mass is 16.2. The van der Waals surface area contributed by atoms with Crippen LogP contribution in [0.15, 0.2) is 42.6 Å². The summed E-state index contributed by atoms with van der Waals surface area (Å²) in [5.41, 5.74) is 3.60. The number of hydrogen-bond acceptors (Lipinski definition) is 2. The zero-order chi connectivity index (χ0) is 23.0. The molecule has 0 N–H and O–H groups in total. The second-order valence-corrected chi connectivity index (χ2v) is 9.00. The van der Waals surface area contributed by atoms with E-state index in [0.29, 0.717) is 13.1 Å². The number of hydrogen-bond donors (Lipinski definition) is 0. The van der Waals surface area contributed by atoms with Crippen molar-refractivity contribution in [1.29, 1.82) is 0 Å². The van der Waals surface area contributed by atoms with E-state index in [2.05, 4.69) is 54.9 Å². The lowest BCUT2D eigenvalue weighted by Gasteiger charge is -2.31. The Morgan fingerprint density at radius 2 is 1.81 bits per heavy atom. The number of aryl methyl sites for hydroxylation is 1. The van der Waals surface area contributed by atoms with E-state index in [9.17, 15) is 9.59 Å². The number of amides is 2. The van der Waals surface area contributed by atoms with Gasteiger partial charge in [0, 0.05) is 36.9 Å². The first-order chi connectivity index (χ1) is 14.7. The Hall–Kier alpha value is -2.56. The SMILES string of the molecule is CCCCN(Cc1cccn1Cc1cccc(C)c1)C(=O)CN(C(=O)C(C)C)C(C)C. The standard InChI is InChI=1S/C26H39N3O2/c1-7-8-14-28(25(30)19-29(21(4)5)26(31)20(2)3)18-24-13-10-15-27(24)17-23-12-9-11-22(6)16-23/h9-13,15-16,20-21H,7-8,14,17-19H2,1-6H3. The second kappa shape index (κ2) is 11.7. The van der Waals surface area contributed by atoms with E-state index in [-0.39, 0.29) is 30.3 Å². The van der Waals surface area contributed by atoms with E-state index < -0.39 is 0 Å². The van der Waals surface area contributed by atoms with Crippen LogP contribution in [0.25, 0.3) is 0 Å². The summed E-state index contributed by atoms with van der Waals surface area (Å²) >= 11 is 0. The first-order valence-corrected chi connectivity index (χ1v) is 11.5. The zero-order valence-electron chi connectivity index (χ0n) is 20.1. The molecule has 2 aromatic rings. The molecule has 170 valence electrons. The molecule has 31 heavy (non-hydrogen) atoms. The van der Waals surface area contributed by atoms with Gasteiger partial charge in [0.15, 0.2) is 0 Å². The van der Waals surface area contributed by atoms with Crippen molar-refractivity contribution in [2.45, 2.75) is 73.5 Å². The van der Waals surface area contributed by atoms with Crippen molar-refractivity contribution in [2.75, 3.05) is 13.1 Å². The highest BCUT2D eigenvalue weighted by Gasteiger charge is 2.25. The van der Waals surface area contributed by atoms with Gasteiger partial charge in [0.05, 0.1) is 13.1 Å².